The lowest BCUT2D eigenvalue weighted by molar-refractivity contribution is -0.117. The van der Waals surface area contributed by atoms with E-state index >= 15 is 0 Å². The normalized spacial score (nSPS) is 14.8. The zero-order valence-corrected chi connectivity index (χ0v) is 17.2. The highest BCUT2D eigenvalue weighted by molar-refractivity contribution is 5.93. The second-order valence-corrected chi connectivity index (χ2v) is 8.01. The maximum absolute atomic E-state index is 13.5. The molecule has 0 spiro atoms. The van der Waals surface area contributed by atoms with Crippen molar-refractivity contribution < 1.29 is 9.18 Å². The SMILES string of the molecule is Cc1ccc(F)cc1NC(=O)Cn1nc(N2CCC(C)CC2)c2ccccc2c1=O. The Kier molecular flexibility index (Phi) is 5.53. The van der Waals surface area contributed by atoms with Crippen molar-refractivity contribution in [3.63, 3.8) is 0 Å². The first kappa shape index (κ1) is 20.1. The summed E-state index contributed by atoms with van der Waals surface area (Å²) < 4.78 is 14.7. The number of fused-ring (bicyclic) bond motifs is 1. The van der Waals surface area contributed by atoms with Gasteiger partial charge >= 0.3 is 0 Å². The number of carbonyl (C=O) groups excluding carboxylic acids is 1. The summed E-state index contributed by atoms with van der Waals surface area (Å²) in [5, 5.41) is 8.59. The Bertz CT molecular complexity index is 1150. The van der Waals surface area contributed by atoms with Gasteiger partial charge in [0.1, 0.15) is 12.4 Å². The van der Waals surface area contributed by atoms with E-state index in [1.54, 1.807) is 19.1 Å². The largest absolute Gasteiger partial charge is 0.355 e. The predicted octanol–water partition coefficient (Wildman–Crippen LogP) is 3.72. The van der Waals surface area contributed by atoms with Crippen LogP contribution in [0.4, 0.5) is 15.9 Å². The number of piperidine rings is 1. The molecule has 1 aromatic heterocycles. The Balaban J connectivity index is 1.67. The number of halogens is 1. The maximum atomic E-state index is 13.5. The molecule has 7 heteroatoms. The third kappa shape index (κ3) is 4.06. The number of nitrogens with one attached hydrogen (secondary N) is 1. The molecule has 1 aliphatic heterocycles. The number of amides is 1. The van der Waals surface area contributed by atoms with Crippen molar-refractivity contribution in [1.29, 1.82) is 0 Å². The highest BCUT2D eigenvalue weighted by atomic mass is 19.1. The molecule has 1 N–H and O–H groups in total. The molecule has 4 rings (SSSR count). The van der Waals surface area contributed by atoms with E-state index in [1.807, 2.05) is 18.2 Å². The van der Waals surface area contributed by atoms with Crippen LogP contribution in [-0.2, 0) is 11.3 Å². The topological polar surface area (TPSA) is 67.2 Å². The molecule has 30 heavy (non-hydrogen) atoms. The number of aryl methyl sites for hydroxylation is 1. The molecular formula is C23H25FN4O2. The lowest BCUT2D eigenvalue weighted by Crippen LogP contribution is -2.37. The standard InChI is InChI=1S/C23H25FN4O2/c1-15-9-11-27(12-10-15)22-18-5-3-4-6-19(18)23(30)28(26-22)14-21(29)25-20-13-17(24)8-7-16(20)2/h3-8,13,15H,9-12,14H2,1-2H3,(H,25,29). The van der Waals surface area contributed by atoms with Crippen molar-refractivity contribution >= 4 is 28.2 Å². The Morgan fingerprint density at radius 2 is 1.87 bits per heavy atom. The molecule has 1 fully saturated rings. The lowest BCUT2D eigenvalue weighted by atomic mass is 9.99. The number of aromatic nitrogens is 2. The van der Waals surface area contributed by atoms with Gasteiger partial charge in [-0.05, 0) is 49.4 Å². The summed E-state index contributed by atoms with van der Waals surface area (Å²) >= 11 is 0. The minimum Gasteiger partial charge on any atom is -0.355 e. The molecule has 0 saturated carbocycles. The number of anilines is 2. The van der Waals surface area contributed by atoms with Gasteiger partial charge in [-0.2, -0.15) is 5.10 Å². The Morgan fingerprint density at radius 1 is 1.17 bits per heavy atom. The van der Waals surface area contributed by atoms with Crippen LogP contribution in [0.25, 0.3) is 10.8 Å². The molecule has 0 unspecified atom stereocenters. The van der Waals surface area contributed by atoms with E-state index in [-0.39, 0.29) is 12.1 Å². The van der Waals surface area contributed by atoms with Crippen molar-refractivity contribution in [2.75, 3.05) is 23.3 Å². The highest BCUT2D eigenvalue weighted by Crippen LogP contribution is 2.26. The molecule has 0 atom stereocenters. The van der Waals surface area contributed by atoms with Crippen molar-refractivity contribution in [3.05, 3.63) is 64.2 Å². The van der Waals surface area contributed by atoms with E-state index in [4.69, 9.17) is 0 Å². The van der Waals surface area contributed by atoms with E-state index in [1.165, 1.54) is 16.8 Å². The van der Waals surface area contributed by atoms with Gasteiger partial charge in [0.2, 0.25) is 5.91 Å². The second-order valence-electron chi connectivity index (χ2n) is 8.01. The molecule has 0 radical (unpaired) electrons. The zero-order valence-electron chi connectivity index (χ0n) is 17.2. The molecule has 1 saturated heterocycles. The van der Waals surface area contributed by atoms with Gasteiger partial charge in [0.05, 0.1) is 5.39 Å². The van der Waals surface area contributed by atoms with Crippen LogP contribution >= 0.6 is 0 Å². The first-order chi connectivity index (χ1) is 14.4. The van der Waals surface area contributed by atoms with Gasteiger partial charge in [-0.1, -0.05) is 31.2 Å². The minimum absolute atomic E-state index is 0.239. The summed E-state index contributed by atoms with van der Waals surface area (Å²) in [6, 6.07) is 11.6. The van der Waals surface area contributed by atoms with E-state index in [9.17, 15) is 14.0 Å². The number of rotatable bonds is 4. The summed E-state index contributed by atoms with van der Waals surface area (Å²) in [6.07, 6.45) is 2.13. The molecule has 156 valence electrons. The highest BCUT2D eigenvalue weighted by Gasteiger charge is 2.21. The van der Waals surface area contributed by atoms with Gasteiger partial charge in [-0.25, -0.2) is 9.07 Å². The number of benzene rings is 2. The van der Waals surface area contributed by atoms with Gasteiger partial charge in [0.25, 0.3) is 5.56 Å². The summed E-state index contributed by atoms with van der Waals surface area (Å²) in [5.74, 6) is 0.538. The van der Waals surface area contributed by atoms with Crippen LogP contribution in [0.2, 0.25) is 0 Å². The summed E-state index contributed by atoms with van der Waals surface area (Å²) in [5.41, 5.74) is 0.816. The fourth-order valence-electron chi connectivity index (χ4n) is 3.83. The van der Waals surface area contributed by atoms with Gasteiger partial charge in [-0.15, -0.1) is 0 Å². The molecule has 0 bridgehead atoms. The average Bonchev–Trinajstić information content (AvgIpc) is 2.73. The molecule has 6 nitrogen and oxygen atoms in total. The van der Waals surface area contributed by atoms with Crippen molar-refractivity contribution in [3.8, 4) is 0 Å². The fourth-order valence-corrected chi connectivity index (χ4v) is 3.83. The zero-order chi connectivity index (χ0) is 21.3. The summed E-state index contributed by atoms with van der Waals surface area (Å²) in [6.45, 7) is 5.51. The Morgan fingerprint density at radius 3 is 2.60 bits per heavy atom. The van der Waals surface area contributed by atoms with E-state index in [0.29, 0.717) is 17.0 Å². The van der Waals surface area contributed by atoms with Gasteiger partial charge < -0.3 is 10.2 Å². The first-order valence-electron chi connectivity index (χ1n) is 10.2. The number of hydrogen-bond donors (Lipinski definition) is 1. The van der Waals surface area contributed by atoms with E-state index < -0.39 is 11.7 Å². The van der Waals surface area contributed by atoms with Crippen LogP contribution in [0.5, 0.6) is 0 Å². The van der Waals surface area contributed by atoms with Crippen LogP contribution < -0.4 is 15.8 Å². The van der Waals surface area contributed by atoms with Gasteiger partial charge in [0, 0.05) is 24.2 Å². The average molecular weight is 408 g/mol. The Hall–Kier alpha value is -3.22. The number of hydrogen-bond acceptors (Lipinski definition) is 4. The molecule has 0 aliphatic carbocycles. The molecule has 3 aromatic rings. The molecule has 2 aromatic carbocycles. The molecule has 1 amide bonds. The fraction of sp³-hybridized carbons (Fsp3) is 0.348. The first-order valence-corrected chi connectivity index (χ1v) is 10.2. The monoisotopic (exact) mass is 408 g/mol. The Labute approximate surface area is 174 Å². The van der Waals surface area contributed by atoms with Crippen molar-refractivity contribution in [2.45, 2.75) is 33.2 Å². The minimum atomic E-state index is -0.432. The van der Waals surface area contributed by atoms with Crippen molar-refractivity contribution in [1.82, 2.24) is 9.78 Å². The maximum Gasteiger partial charge on any atom is 0.275 e. The van der Waals surface area contributed by atoms with Crippen LogP contribution in [0, 0.1) is 18.7 Å². The lowest BCUT2D eigenvalue weighted by Gasteiger charge is -2.32. The number of carbonyl (C=O) groups is 1. The summed E-state index contributed by atoms with van der Waals surface area (Å²) in [4.78, 5) is 27.8. The van der Waals surface area contributed by atoms with Crippen molar-refractivity contribution in [2.24, 2.45) is 5.92 Å². The van der Waals surface area contributed by atoms with Crippen LogP contribution in [0.3, 0.4) is 0 Å². The second kappa shape index (κ2) is 8.26. The summed E-state index contributed by atoms with van der Waals surface area (Å²) in [7, 11) is 0. The molecule has 1 aliphatic rings. The third-order valence-electron chi connectivity index (χ3n) is 5.70. The van der Waals surface area contributed by atoms with Crippen LogP contribution in [0.1, 0.15) is 25.3 Å². The predicted molar refractivity (Wildman–Crippen MR) is 116 cm³/mol. The van der Waals surface area contributed by atoms with Gasteiger partial charge in [0.15, 0.2) is 5.82 Å². The molecule has 2 heterocycles. The van der Waals surface area contributed by atoms with Gasteiger partial charge in [-0.3, -0.25) is 9.59 Å². The smallest absolute Gasteiger partial charge is 0.275 e. The number of nitrogens with zero attached hydrogens (tertiary/aromatic N) is 3. The third-order valence-corrected chi connectivity index (χ3v) is 5.70. The van der Waals surface area contributed by atoms with Crippen LogP contribution in [0.15, 0.2) is 47.3 Å². The van der Waals surface area contributed by atoms with Crippen LogP contribution in [-0.4, -0.2) is 28.8 Å². The molecular weight excluding hydrogens is 383 g/mol. The quantitative estimate of drug-likeness (QED) is 0.715. The van der Waals surface area contributed by atoms with E-state index in [2.05, 4.69) is 22.2 Å². The van der Waals surface area contributed by atoms with E-state index in [0.717, 1.165) is 42.7 Å².